The third kappa shape index (κ3) is 4.57. The van der Waals surface area contributed by atoms with Crippen molar-refractivity contribution in [3.63, 3.8) is 0 Å². The fourth-order valence-electron chi connectivity index (χ4n) is 2.50. The van der Waals surface area contributed by atoms with Crippen molar-refractivity contribution in [1.29, 1.82) is 0 Å². The summed E-state index contributed by atoms with van der Waals surface area (Å²) in [5, 5.41) is 30.6. The van der Waals surface area contributed by atoms with E-state index in [2.05, 4.69) is 15.3 Å². The average molecular weight is 483 g/mol. The molecule has 0 unspecified atom stereocenters. The predicted octanol–water partition coefficient (Wildman–Crippen LogP) is 1.77. The molecule has 1 heterocycles. The van der Waals surface area contributed by atoms with Gasteiger partial charge in [-0.25, -0.2) is 4.79 Å². The van der Waals surface area contributed by atoms with Crippen molar-refractivity contribution in [3.05, 3.63) is 48.2 Å². The summed E-state index contributed by atoms with van der Waals surface area (Å²) in [5.74, 6) is -2.44. The summed E-state index contributed by atoms with van der Waals surface area (Å²) in [5.41, 5.74) is 3.66. The predicted molar refractivity (Wildman–Crippen MR) is 107 cm³/mol. The zero-order valence-corrected chi connectivity index (χ0v) is 17.2. The van der Waals surface area contributed by atoms with Gasteiger partial charge in [-0.3, -0.25) is 9.11 Å². The van der Waals surface area contributed by atoms with E-state index in [0.29, 0.717) is 4.68 Å². The number of nitrogens with zero attached hydrogens (tertiary/aromatic N) is 4. The Labute approximate surface area is 179 Å². The van der Waals surface area contributed by atoms with Gasteiger partial charge in [-0.15, -0.1) is 10.2 Å². The van der Waals surface area contributed by atoms with E-state index >= 15 is 0 Å². The number of aromatic nitrogens is 2. The lowest BCUT2D eigenvalue weighted by molar-refractivity contribution is 0.0690. The number of hydrogen-bond donors (Lipinski definition) is 5. The molecule has 6 N–H and O–H groups in total. The Morgan fingerprint density at radius 3 is 2.12 bits per heavy atom. The number of azo groups is 1. The number of carboxylic acids is 1. The number of anilines is 1. The Kier molecular flexibility index (Phi) is 5.71. The second-order valence-corrected chi connectivity index (χ2v) is 8.92. The molecule has 0 bridgehead atoms. The molecule has 0 aliphatic carbocycles. The molecule has 3 rings (SSSR count). The monoisotopic (exact) mass is 483 g/mol. The minimum atomic E-state index is -4.75. The number of nitrogens with two attached hydrogens (primary N) is 1. The number of hydrogen-bond acceptors (Lipinski definition) is 10. The quantitative estimate of drug-likeness (QED) is 0.192. The minimum absolute atomic E-state index is 0.00459. The molecule has 32 heavy (non-hydrogen) atoms. The molecule has 0 fully saturated rings. The molecule has 0 saturated carbocycles. The molecule has 0 aliphatic heterocycles. The molecular weight excluding hydrogens is 470 g/mol. The summed E-state index contributed by atoms with van der Waals surface area (Å²) in [6.07, 6.45) is 0. The molecule has 0 atom stereocenters. The van der Waals surface area contributed by atoms with Gasteiger partial charge in [0.25, 0.3) is 20.2 Å². The van der Waals surface area contributed by atoms with E-state index in [1.807, 2.05) is 0 Å². The fourth-order valence-corrected chi connectivity index (χ4v) is 3.64. The van der Waals surface area contributed by atoms with E-state index in [0.717, 1.165) is 36.4 Å². The van der Waals surface area contributed by atoms with E-state index in [-0.39, 0.29) is 11.4 Å². The maximum Gasteiger partial charge on any atom is 0.358 e. The Balaban J connectivity index is 2.12. The second-order valence-electron chi connectivity index (χ2n) is 6.11. The average Bonchev–Trinajstić information content (AvgIpc) is 3.02. The standard InChI is InChI=1S/C16H13N5O9S2/c17-8-1-6-11(12(7-8)32(28,29)30)18-19-13-14(16(23)24)20-21(15(13)22)9-2-4-10(5-3-9)31(25,26)27/h1-7,22H,17H2,(H,23,24)(H,25,26,27)(H,28,29,30). The number of carboxylic acid groups (broad SMARTS) is 1. The molecule has 0 saturated heterocycles. The van der Waals surface area contributed by atoms with Crippen molar-refractivity contribution in [3.8, 4) is 11.6 Å². The van der Waals surface area contributed by atoms with Crippen LogP contribution in [0.2, 0.25) is 0 Å². The second kappa shape index (κ2) is 8.00. The molecule has 0 aliphatic rings. The van der Waals surface area contributed by atoms with Crippen LogP contribution in [-0.4, -0.2) is 51.9 Å². The van der Waals surface area contributed by atoms with Gasteiger partial charge in [-0.05, 0) is 42.5 Å². The van der Waals surface area contributed by atoms with Crippen molar-refractivity contribution in [2.45, 2.75) is 9.79 Å². The summed E-state index contributed by atoms with van der Waals surface area (Å²) in [6, 6.07) is 7.47. The summed E-state index contributed by atoms with van der Waals surface area (Å²) < 4.78 is 64.4. The molecule has 0 radical (unpaired) electrons. The SMILES string of the molecule is Nc1ccc(N=Nc2c(C(=O)O)nn(-c3ccc(S(=O)(=O)O)cc3)c2O)c(S(=O)(=O)O)c1. The Hall–Kier alpha value is -3.86. The van der Waals surface area contributed by atoms with Crippen molar-refractivity contribution in [1.82, 2.24) is 9.78 Å². The number of aromatic carboxylic acids is 1. The molecular formula is C16H13N5O9S2. The smallest absolute Gasteiger partial charge is 0.358 e. The number of carbonyl (C=O) groups is 1. The van der Waals surface area contributed by atoms with Gasteiger partial charge in [0.1, 0.15) is 10.6 Å². The van der Waals surface area contributed by atoms with E-state index in [9.17, 15) is 36.4 Å². The van der Waals surface area contributed by atoms with Gasteiger partial charge in [0.2, 0.25) is 11.6 Å². The lowest BCUT2D eigenvalue weighted by atomic mass is 10.3. The zero-order valence-electron chi connectivity index (χ0n) is 15.6. The minimum Gasteiger partial charge on any atom is -0.492 e. The Morgan fingerprint density at radius 2 is 1.59 bits per heavy atom. The number of nitrogen functional groups attached to an aromatic ring is 1. The van der Waals surface area contributed by atoms with Crippen LogP contribution in [0, 0.1) is 0 Å². The third-order valence-electron chi connectivity index (χ3n) is 3.94. The van der Waals surface area contributed by atoms with Gasteiger partial charge in [-0.1, -0.05) is 0 Å². The van der Waals surface area contributed by atoms with Crippen molar-refractivity contribution in [2.24, 2.45) is 10.2 Å². The Morgan fingerprint density at radius 1 is 0.969 bits per heavy atom. The van der Waals surface area contributed by atoms with E-state index in [1.165, 1.54) is 6.07 Å². The van der Waals surface area contributed by atoms with Crippen LogP contribution in [0.4, 0.5) is 17.1 Å². The highest BCUT2D eigenvalue weighted by Crippen LogP contribution is 2.36. The lowest BCUT2D eigenvalue weighted by Gasteiger charge is -2.04. The first-order valence-corrected chi connectivity index (χ1v) is 11.1. The van der Waals surface area contributed by atoms with Gasteiger partial charge < -0.3 is 15.9 Å². The molecule has 16 heteroatoms. The summed E-state index contributed by atoms with van der Waals surface area (Å²) in [7, 11) is -9.24. The van der Waals surface area contributed by atoms with Crippen LogP contribution >= 0.6 is 0 Å². The molecule has 168 valence electrons. The highest BCUT2D eigenvalue weighted by Gasteiger charge is 2.24. The normalized spacial score (nSPS) is 12.3. The number of benzene rings is 2. The summed E-state index contributed by atoms with van der Waals surface area (Å²) in [4.78, 5) is 10.4. The first-order chi connectivity index (χ1) is 14.8. The van der Waals surface area contributed by atoms with E-state index < -0.39 is 58.9 Å². The Bertz CT molecular complexity index is 1460. The highest BCUT2D eigenvalue weighted by atomic mass is 32.2. The van der Waals surface area contributed by atoms with Gasteiger partial charge in [0, 0.05) is 5.69 Å². The number of aromatic hydroxyl groups is 1. The molecule has 0 spiro atoms. The van der Waals surface area contributed by atoms with E-state index in [4.69, 9.17) is 10.3 Å². The molecule has 1 aromatic heterocycles. The topological polar surface area (TPSA) is 235 Å². The van der Waals surface area contributed by atoms with E-state index in [1.54, 1.807) is 0 Å². The van der Waals surface area contributed by atoms with Crippen molar-refractivity contribution < 1.29 is 40.9 Å². The molecule has 3 aromatic rings. The van der Waals surface area contributed by atoms with Crippen molar-refractivity contribution in [2.75, 3.05) is 5.73 Å². The van der Waals surface area contributed by atoms with Crippen LogP contribution in [0.25, 0.3) is 5.69 Å². The number of rotatable bonds is 6. The highest BCUT2D eigenvalue weighted by molar-refractivity contribution is 7.86. The lowest BCUT2D eigenvalue weighted by Crippen LogP contribution is -2.02. The van der Waals surface area contributed by atoms with Crippen molar-refractivity contribution >= 4 is 43.3 Å². The van der Waals surface area contributed by atoms with Crippen LogP contribution in [0.15, 0.2) is 62.5 Å². The summed E-state index contributed by atoms with van der Waals surface area (Å²) in [6.45, 7) is 0. The van der Waals surface area contributed by atoms with Gasteiger partial charge in [-0.2, -0.15) is 26.6 Å². The van der Waals surface area contributed by atoms with Crippen LogP contribution in [0.1, 0.15) is 10.5 Å². The van der Waals surface area contributed by atoms with Crippen LogP contribution in [0.3, 0.4) is 0 Å². The van der Waals surface area contributed by atoms with Crippen LogP contribution < -0.4 is 5.73 Å². The maximum atomic E-state index is 11.5. The molecule has 0 amide bonds. The van der Waals surface area contributed by atoms with Gasteiger partial charge >= 0.3 is 5.97 Å². The fraction of sp³-hybridized carbons (Fsp3) is 0. The largest absolute Gasteiger partial charge is 0.492 e. The first kappa shape index (κ1) is 22.8. The zero-order chi connectivity index (χ0) is 23.8. The van der Waals surface area contributed by atoms with Gasteiger partial charge in [0.15, 0.2) is 5.69 Å². The maximum absolute atomic E-state index is 11.5. The molecule has 2 aromatic carbocycles. The summed E-state index contributed by atoms with van der Waals surface area (Å²) >= 11 is 0. The van der Waals surface area contributed by atoms with Crippen LogP contribution in [0.5, 0.6) is 5.88 Å². The van der Waals surface area contributed by atoms with Crippen LogP contribution in [-0.2, 0) is 20.2 Å². The van der Waals surface area contributed by atoms with Gasteiger partial charge in [0.05, 0.1) is 10.6 Å². The first-order valence-electron chi connectivity index (χ1n) is 8.21. The third-order valence-corrected chi connectivity index (χ3v) is 5.69. The molecule has 14 nitrogen and oxygen atoms in total.